The number of carbonyl (C=O) groups excluding carboxylic acids is 1. The molecule has 3 rings (SSSR count). The van der Waals surface area contributed by atoms with Crippen molar-refractivity contribution >= 4 is 84.7 Å². The Bertz CT molecular complexity index is 996. The predicted octanol–water partition coefficient (Wildman–Crippen LogP) is 3.26. The van der Waals surface area contributed by atoms with E-state index in [1.54, 1.807) is 12.1 Å². The van der Waals surface area contributed by atoms with Gasteiger partial charge in [0.25, 0.3) is 5.91 Å². The van der Waals surface area contributed by atoms with Crippen LogP contribution in [0.3, 0.4) is 0 Å². The van der Waals surface area contributed by atoms with Gasteiger partial charge in [0.05, 0.1) is 23.6 Å². The Balaban J connectivity index is 1.81. The highest BCUT2D eigenvalue weighted by atomic mass is 127. The van der Waals surface area contributed by atoms with Gasteiger partial charge in [-0.1, -0.05) is 0 Å². The van der Waals surface area contributed by atoms with E-state index in [0.29, 0.717) is 28.1 Å². The first-order chi connectivity index (χ1) is 11.9. The smallest absolute Gasteiger partial charge is 0.281 e. The number of fused-ring (bicyclic) bond motifs is 1. The van der Waals surface area contributed by atoms with E-state index in [0.717, 1.165) is 11.1 Å². The lowest BCUT2D eigenvalue weighted by Gasteiger charge is -2.02. The number of anilines is 1. The van der Waals surface area contributed by atoms with Gasteiger partial charge < -0.3 is 10.8 Å². The SMILES string of the molecule is Cc1c(C(=O)N/N=C\c2cc(I)c(O)c(I)c2)sc2ncnc(N)c12. The number of aromatic nitrogens is 2. The minimum absolute atomic E-state index is 0.238. The zero-order valence-corrected chi connectivity index (χ0v) is 17.9. The minimum Gasteiger partial charge on any atom is -0.506 e. The molecular formula is C15H11I2N5O2S. The first kappa shape index (κ1) is 18.3. The molecule has 0 saturated carbocycles. The summed E-state index contributed by atoms with van der Waals surface area (Å²) in [5.41, 5.74) is 9.88. The van der Waals surface area contributed by atoms with Crippen LogP contribution in [-0.2, 0) is 0 Å². The van der Waals surface area contributed by atoms with Crippen molar-refractivity contribution in [2.75, 3.05) is 5.73 Å². The summed E-state index contributed by atoms with van der Waals surface area (Å²) in [7, 11) is 0. The number of benzene rings is 1. The Hall–Kier alpha value is -1.54. The topological polar surface area (TPSA) is 113 Å². The van der Waals surface area contributed by atoms with Gasteiger partial charge in [0.15, 0.2) is 0 Å². The molecule has 7 nitrogen and oxygen atoms in total. The highest BCUT2D eigenvalue weighted by Gasteiger charge is 2.18. The number of hydrazone groups is 1. The highest BCUT2D eigenvalue weighted by Crippen LogP contribution is 2.31. The van der Waals surface area contributed by atoms with E-state index >= 15 is 0 Å². The molecule has 0 radical (unpaired) electrons. The number of aromatic hydroxyl groups is 1. The number of amides is 1. The number of nitrogens with one attached hydrogen (secondary N) is 1. The van der Waals surface area contributed by atoms with Gasteiger partial charge in [-0.25, -0.2) is 15.4 Å². The average molecular weight is 579 g/mol. The van der Waals surface area contributed by atoms with E-state index < -0.39 is 0 Å². The van der Waals surface area contributed by atoms with Gasteiger partial charge in [-0.3, -0.25) is 4.79 Å². The number of aryl methyl sites for hydroxylation is 1. The molecule has 2 aromatic heterocycles. The second kappa shape index (κ2) is 7.37. The number of nitrogen functional groups attached to an aromatic ring is 1. The van der Waals surface area contributed by atoms with Crippen molar-refractivity contribution in [3.05, 3.63) is 41.6 Å². The maximum Gasteiger partial charge on any atom is 0.281 e. The standard InChI is InChI=1S/C15H11I2N5O2S/c1-6-10-13(18)19-5-20-15(10)25-12(6)14(24)22-21-4-7-2-8(16)11(23)9(17)3-7/h2-5,23H,1H3,(H,22,24)(H2,18,19,20)/b21-4-. The fraction of sp³-hybridized carbons (Fsp3) is 0.0667. The number of thiophene rings is 1. The summed E-state index contributed by atoms with van der Waals surface area (Å²) in [4.78, 5) is 21.6. The Morgan fingerprint density at radius 3 is 2.68 bits per heavy atom. The molecule has 0 atom stereocenters. The van der Waals surface area contributed by atoms with Crippen molar-refractivity contribution in [2.45, 2.75) is 6.92 Å². The van der Waals surface area contributed by atoms with Crippen LogP contribution in [0.5, 0.6) is 5.75 Å². The van der Waals surface area contributed by atoms with Crippen LogP contribution in [0.15, 0.2) is 23.6 Å². The molecular weight excluding hydrogens is 568 g/mol. The van der Waals surface area contributed by atoms with Gasteiger partial charge in [0.2, 0.25) is 0 Å². The normalized spacial score (nSPS) is 11.3. The molecule has 0 aliphatic rings. The number of hydrogen-bond donors (Lipinski definition) is 3. The Labute approximate surface area is 174 Å². The van der Waals surface area contributed by atoms with Crippen LogP contribution < -0.4 is 11.2 Å². The first-order valence-corrected chi connectivity index (χ1v) is 9.87. The van der Waals surface area contributed by atoms with Gasteiger partial charge in [0, 0.05) is 0 Å². The molecule has 0 aliphatic carbocycles. The zero-order chi connectivity index (χ0) is 18.1. The lowest BCUT2D eigenvalue weighted by molar-refractivity contribution is 0.0958. The van der Waals surface area contributed by atoms with E-state index in [9.17, 15) is 9.90 Å². The molecule has 0 saturated heterocycles. The number of nitrogens with two attached hydrogens (primary N) is 1. The summed E-state index contributed by atoms with van der Waals surface area (Å²) < 4.78 is 1.43. The highest BCUT2D eigenvalue weighted by molar-refractivity contribution is 14.1. The van der Waals surface area contributed by atoms with Gasteiger partial charge in [0.1, 0.15) is 22.7 Å². The molecule has 3 aromatic rings. The second-order valence-corrected chi connectivity index (χ2v) is 8.35. The Morgan fingerprint density at radius 1 is 1.36 bits per heavy atom. The number of phenols is 1. The lowest BCUT2D eigenvalue weighted by atomic mass is 10.2. The minimum atomic E-state index is -0.334. The van der Waals surface area contributed by atoms with Crippen molar-refractivity contribution in [3.63, 3.8) is 0 Å². The van der Waals surface area contributed by atoms with E-state index in [-0.39, 0.29) is 11.7 Å². The number of phenolic OH excluding ortho intramolecular Hbond substituents is 1. The molecule has 0 bridgehead atoms. The maximum atomic E-state index is 12.4. The van der Waals surface area contributed by atoms with Gasteiger partial charge in [-0.2, -0.15) is 5.10 Å². The van der Waals surface area contributed by atoms with Crippen LogP contribution in [0, 0.1) is 14.1 Å². The van der Waals surface area contributed by atoms with Crippen molar-refractivity contribution in [2.24, 2.45) is 5.10 Å². The number of carbonyl (C=O) groups is 1. The van der Waals surface area contributed by atoms with Crippen molar-refractivity contribution in [1.29, 1.82) is 0 Å². The molecule has 10 heteroatoms. The van der Waals surface area contributed by atoms with Gasteiger partial charge in [-0.15, -0.1) is 11.3 Å². The Morgan fingerprint density at radius 2 is 2.04 bits per heavy atom. The summed E-state index contributed by atoms with van der Waals surface area (Å²) in [6.07, 6.45) is 2.90. The summed E-state index contributed by atoms with van der Waals surface area (Å²) in [5.74, 6) is 0.260. The molecule has 1 amide bonds. The second-order valence-electron chi connectivity index (χ2n) is 5.03. The molecule has 0 spiro atoms. The molecule has 0 aliphatic heterocycles. The van der Waals surface area contributed by atoms with E-state index in [4.69, 9.17) is 5.73 Å². The third-order valence-electron chi connectivity index (χ3n) is 3.38. The summed E-state index contributed by atoms with van der Waals surface area (Å²) in [6, 6.07) is 3.55. The van der Waals surface area contributed by atoms with Crippen LogP contribution in [0.4, 0.5) is 5.82 Å². The number of hydrogen-bond acceptors (Lipinski definition) is 7. The average Bonchev–Trinajstić information content (AvgIpc) is 2.91. The van der Waals surface area contributed by atoms with E-state index in [1.165, 1.54) is 23.9 Å². The molecule has 2 heterocycles. The summed E-state index contributed by atoms with van der Waals surface area (Å²) in [5, 5.41) is 14.5. The van der Waals surface area contributed by atoms with Crippen LogP contribution in [-0.4, -0.2) is 27.2 Å². The van der Waals surface area contributed by atoms with Crippen molar-refractivity contribution in [3.8, 4) is 5.75 Å². The fourth-order valence-electron chi connectivity index (χ4n) is 2.19. The van der Waals surface area contributed by atoms with E-state index in [2.05, 4.69) is 20.5 Å². The van der Waals surface area contributed by atoms with Gasteiger partial charge >= 0.3 is 0 Å². The number of nitrogens with zero attached hydrogens (tertiary/aromatic N) is 3. The van der Waals surface area contributed by atoms with Crippen LogP contribution in [0.2, 0.25) is 0 Å². The predicted molar refractivity (Wildman–Crippen MR) is 115 cm³/mol. The van der Waals surface area contributed by atoms with Crippen molar-refractivity contribution in [1.82, 2.24) is 15.4 Å². The molecule has 1 aromatic carbocycles. The van der Waals surface area contributed by atoms with E-state index in [1.807, 2.05) is 52.1 Å². The van der Waals surface area contributed by atoms with Gasteiger partial charge in [-0.05, 0) is 75.4 Å². The monoisotopic (exact) mass is 579 g/mol. The first-order valence-electron chi connectivity index (χ1n) is 6.89. The summed E-state index contributed by atoms with van der Waals surface area (Å²) >= 11 is 5.32. The quantitative estimate of drug-likeness (QED) is 0.251. The Kier molecular flexibility index (Phi) is 5.38. The third-order valence-corrected chi connectivity index (χ3v) is 6.22. The number of rotatable bonds is 3. The molecule has 0 fully saturated rings. The largest absolute Gasteiger partial charge is 0.506 e. The zero-order valence-electron chi connectivity index (χ0n) is 12.7. The lowest BCUT2D eigenvalue weighted by Crippen LogP contribution is -2.17. The third kappa shape index (κ3) is 3.69. The van der Waals surface area contributed by atoms with Crippen LogP contribution in [0.25, 0.3) is 10.2 Å². The molecule has 0 unspecified atom stereocenters. The fourth-order valence-corrected chi connectivity index (χ4v) is 5.05. The van der Waals surface area contributed by atoms with Crippen molar-refractivity contribution < 1.29 is 9.90 Å². The maximum absolute atomic E-state index is 12.4. The molecule has 4 N–H and O–H groups in total. The molecule has 128 valence electrons. The molecule has 25 heavy (non-hydrogen) atoms. The summed E-state index contributed by atoms with van der Waals surface area (Å²) in [6.45, 7) is 1.81. The number of halogens is 2. The van der Waals surface area contributed by atoms with Crippen LogP contribution in [0.1, 0.15) is 20.8 Å². The van der Waals surface area contributed by atoms with Crippen LogP contribution >= 0.6 is 56.5 Å².